The molecule has 1 N–H and O–H groups in total. The van der Waals surface area contributed by atoms with Gasteiger partial charge in [0.1, 0.15) is 6.54 Å². The number of benzene rings is 1. The first-order valence-electron chi connectivity index (χ1n) is 9.39. The van der Waals surface area contributed by atoms with Crippen LogP contribution < -0.4 is 5.32 Å². The van der Waals surface area contributed by atoms with Crippen molar-refractivity contribution >= 4 is 35.2 Å². The van der Waals surface area contributed by atoms with Gasteiger partial charge in [-0.1, -0.05) is 12.2 Å². The Morgan fingerprint density at radius 2 is 1.62 bits per heavy atom. The lowest BCUT2D eigenvalue weighted by atomic mass is 9.85. The van der Waals surface area contributed by atoms with Crippen molar-refractivity contribution in [2.75, 3.05) is 11.9 Å². The second-order valence-corrected chi connectivity index (χ2v) is 7.17. The van der Waals surface area contributed by atoms with Crippen molar-refractivity contribution in [1.82, 2.24) is 4.90 Å². The molecule has 0 aromatic heterocycles. The van der Waals surface area contributed by atoms with Crippen LogP contribution in [0.25, 0.3) is 0 Å². The first-order valence-corrected chi connectivity index (χ1v) is 9.39. The summed E-state index contributed by atoms with van der Waals surface area (Å²) in [6.45, 7) is 2.33. The highest BCUT2D eigenvalue weighted by Gasteiger charge is 2.47. The molecule has 1 aliphatic heterocycles. The Bertz CT molecular complexity index is 863. The Morgan fingerprint density at radius 3 is 2.14 bits per heavy atom. The van der Waals surface area contributed by atoms with Gasteiger partial charge in [0.15, 0.2) is 11.9 Å². The number of anilines is 1. The molecule has 3 amide bonds. The number of Topliss-reactive ketones (excluding diaryl/α,β-unsaturated/α-hetero) is 1. The number of imide groups is 1. The summed E-state index contributed by atoms with van der Waals surface area (Å²) in [6.07, 6.45) is 3.59. The van der Waals surface area contributed by atoms with Crippen LogP contribution in [-0.2, 0) is 23.9 Å². The topological polar surface area (TPSA) is 110 Å². The number of allylic oxidation sites excluding steroid dienone is 2. The number of hydrogen-bond donors (Lipinski definition) is 1. The zero-order chi connectivity index (χ0) is 21.1. The minimum Gasteiger partial charge on any atom is -0.451 e. The molecule has 0 radical (unpaired) electrons. The molecule has 8 nitrogen and oxygen atoms in total. The van der Waals surface area contributed by atoms with Crippen molar-refractivity contribution in [3.8, 4) is 0 Å². The molecule has 1 saturated heterocycles. The van der Waals surface area contributed by atoms with Crippen LogP contribution in [0.3, 0.4) is 0 Å². The monoisotopic (exact) mass is 398 g/mol. The van der Waals surface area contributed by atoms with E-state index < -0.39 is 36.4 Å². The molecule has 1 aliphatic carbocycles. The number of ether oxygens (including phenoxy) is 1. The van der Waals surface area contributed by atoms with Crippen LogP contribution in [-0.4, -0.2) is 47.0 Å². The summed E-state index contributed by atoms with van der Waals surface area (Å²) in [5.41, 5.74) is 0.961. The van der Waals surface area contributed by atoms with E-state index in [9.17, 15) is 24.0 Å². The largest absolute Gasteiger partial charge is 0.451 e. The number of amides is 3. The van der Waals surface area contributed by atoms with Crippen LogP contribution >= 0.6 is 0 Å². The standard InChI is InChI=1S/C21H22N2O6/c1-12(24)14-7-9-15(10-8-14)22-19(26)13(2)29-18(25)11-23-20(27)16-5-3-4-6-17(16)21(23)28/h3-4,7-10,13,16-17H,5-6,11H2,1-2H3,(H,22,26)/t13-,16+,17+/m1/s1. The number of fused-ring (bicyclic) bond motifs is 1. The van der Waals surface area contributed by atoms with E-state index in [4.69, 9.17) is 4.74 Å². The molecule has 3 atom stereocenters. The minimum atomic E-state index is -1.12. The van der Waals surface area contributed by atoms with Gasteiger partial charge in [-0.05, 0) is 51.0 Å². The van der Waals surface area contributed by atoms with Gasteiger partial charge in [-0.3, -0.25) is 28.9 Å². The predicted molar refractivity (Wildman–Crippen MR) is 103 cm³/mol. The molecule has 0 spiro atoms. The fourth-order valence-electron chi connectivity index (χ4n) is 3.47. The highest BCUT2D eigenvalue weighted by Crippen LogP contribution is 2.34. The summed E-state index contributed by atoms with van der Waals surface area (Å²) < 4.78 is 5.09. The van der Waals surface area contributed by atoms with Gasteiger partial charge in [0, 0.05) is 11.3 Å². The summed E-state index contributed by atoms with van der Waals surface area (Å²) >= 11 is 0. The summed E-state index contributed by atoms with van der Waals surface area (Å²) in [6, 6.07) is 6.29. The Balaban J connectivity index is 1.53. The number of hydrogen-bond acceptors (Lipinski definition) is 6. The molecule has 152 valence electrons. The van der Waals surface area contributed by atoms with Crippen molar-refractivity contribution in [3.05, 3.63) is 42.0 Å². The molecule has 0 bridgehead atoms. The van der Waals surface area contributed by atoms with Gasteiger partial charge < -0.3 is 10.1 Å². The van der Waals surface area contributed by atoms with Crippen LogP contribution in [0.1, 0.15) is 37.0 Å². The molecule has 0 saturated carbocycles. The fourth-order valence-corrected chi connectivity index (χ4v) is 3.47. The van der Waals surface area contributed by atoms with Crippen LogP contribution in [0.4, 0.5) is 5.69 Å². The zero-order valence-corrected chi connectivity index (χ0v) is 16.2. The van der Waals surface area contributed by atoms with Crippen molar-refractivity contribution in [2.45, 2.75) is 32.8 Å². The molecule has 29 heavy (non-hydrogen) atoms. The Kier molecular flexibility index (Phi) is 5.91. The minimum absolute atomic E-state index is 0.0909. The summed E-state index contributed by atoms with van der Waals surface area (Å²) in [7, 11) is 0. The maximum absolute atomic E-state index is 12.4. The van der Waals surface area contributed by atoms with Gasteiger partial charge in [0.2, 0.25) is 11.8 Å². The third kappa shape index (κ3) is 4.42. The van der Waals surface area contributed by atoms with E-state index in [-0.39, 0.29) is 17.6 Å². The maximum Gasteiger partial charge on any atom is 0.326 e. The van der Waals surface area contributed by atoms with E-state index in [0.717, 1.165) is 4.90 Å². The van der Waals surface area contributed by atoms with Gasteiger partial charge in [-0.25, -0.2) is 0 Å². The van der Waals surface area contributed by atoms with Gasteiger partial charge >= 0.3 is 5.97 Å². The number of rotatable bonds is 6. The van der Waals surface area contributed by atoms with Crippen LogP contribution in [0.2, 0.25) is 0 Å². The van der Waals surface area contributed by atoms with E-state index >= 15 is 0 Å². The third-order valence-electron chi connectivity index (χ3n) is 5.12. The number of esters is 1. The van der Waals surface area contributed by atoms with Crippen LogP contribution in [0.15, 0.2) is 36.4 Å². The van der Waals surface area contributed by atoms with Gasteiger partial charge in [0.25, 0.3) is 5.91 Å². The normalized spacial score (nSPS) is 21.5. The second-order valence-electron chi connectivity index (χ2n) is 7.17. The molecule has 1 aromatic carbocycles. The van der Waals surface area contributed by atoms with Crippen LogP contribution in [0, 0.1) is 11.8 Å². The van der Waals surface area contributed by atoms with Crippen molar-refractivity contribution in [3.63, 3.8) is 0 Å². The lowest BCUT2D eigenvalue weighted by molar-refractivity contribution is -0.158. The third-order valence-corrected chi connectivity index (χ3v) is 5.12. The molecule has 1 heterocycles. The maximum atomic E-state index is 12.4. The molecule has 1 fully saturated rings. The summed E-state index contributed by atoms with van der Waals surface area (Å²) in [5, 5.41) is 2.58. The molecule has 1 aromatic rings. The van der Waals surface area contributed by atoms with E-state index in [0.29, 0.717) is 24.1 Å². The van der Waals surface area contributed by atoms with E-state index in [1.54, 1.807) is 24.3 Å². The number of ketones is 1. The van der Waals surface area contributed by atoms with E-state index in [1.807, 2.05) is 12.2 Å². The number of nitrogens with one attached hydrogen (secondary N) is 1. The van der Waals surface area contributed by atoms with E-state index in [1.165, 1.54) is 13.8 Å². The van der Waals surface area contributed by atoms with Gasteiger partial charge in [-0.15, -0.1) is 0 Å². The lowest BCUT2D eigenvalue weighted by Gasteiger charge is -2.17. The second kappa shape index (κ2) is 8.38. The smallest absolute Gasteiger partial charge is 0.326 e. The number of nitrogens with zero attached hydrogens (tertiary/aromatic N) is 1. The highest BCUT2D eigenvalue weighted by molar-refractivity contribution is 6.07. The molecular formula is C21H22N2O6. The quantitative estimate of drug-likeness (QED) is 0.338. The molecule has 8 heteroatoms. The molecule has 3 rings (SSSR count). The summed E-state index contributed by atoms with van der Waals surface area (Å²) in [4.78, 5) is 61.4. The first kappa shape index (κ1) is 20.4. The molecule has 2 aliphatic rings. The average molecular weight is 398 g/mol. The predicted octanol–water partition coefficient (Wildman–Crippen LogP) is 1.71. The van der Waals surface area contributed by atoms with Crippen molar-refractivity contribution in [1.29, 1.82) is 0 Å². The van der Waals surface area contributed by atoms with Gasteiger partial charge in [0.05, 0.1) is 11.8 Å². The van der Waals surface area contributed by atoms with Crippen molar-refractivity contribution < 1.29 is 28.7 Å². The SMILES string of the molecule is CC(=O)c1ccc(NC(=O)[C@@H](C)OC(=O)CN2C(=O)[C@H]3CC=CC[C@@H]3C2=O)cc1. The van der Waals surface area contributed by atoms with E-state index in [2.05, 4.69) is 5.32 Å². The Morgan fingerprint density at radius 1 is 1.07 bits per heavy atom. The number of carbonyl (C=O) groups is 5. The fraction of sp³-hybridized carbons (Fsp3) is 0.381. The Hall–Kier alpha value is -3.29. The number of carbonyl (C=O) groups excluding carboxylic acids is 5. The molecular weight excluding hydrogens is 376 g/mol. The van der Waals surface area contributed by atoms with Crippen molar-refractivity contribution in [2.24, 2.45) is 11.8 Å². The van der Waals surface area contributed by atoms with Crippen LogP contribution in [0.5, 0.6) is 0 Å². The first-order chi connectivity index (χ1) is 13.8. The average Bonchev–Trinajstić information content (AvgIpc) is 2.93. The lowest BCUT2D eigenvalue weighted by Crippen LogP contribution is -2.39. The zero-order valence-electron chi connectivity index (χ0n) is 16.2. The summed E-state index contributed by atoms with van der Waals surface area (Å²) in [5.74, 6) is -3.06. The Labute approximate surface area is 167 Å². The van der Waals surface area contributed by atoms with Gasteiger partial charge in [-0.2, -0.15) is 0 Å². The molecule has 0 unspecified atom stereocenters. The highest BCUT2D eigenvalue weighted by atomic mass is 16.5. The number of likely N-dealkylation sites (tertiary alicyclic amines) is 1.